The highest BCUT2D eigenvalue weighted by molar-refractivity contribution is 9.10. The van der Waals surface area contributed by atoms with Crippen molar-refractivity contribution in [2.24, 2.45) is 11.7 Å². The van der Waals surface area contributed by atoms with Crippen LogP contribution in [0.2, 0.25) is 0 Å². The van der Waals surface area contributed by atoms with E-state index in [2.05, 4.69) is 22.9 Å². The first-order valence-electron chi connectivity index (χ1n) is 7.29. The van der Waals surface area contributed by atoms with Crippen LogP contribution < -0.4 is 5.73 Å². The topological polar surface area (TPSA) is 46.3 Å². The van der Waals surface area contributed by atoms with Crippen LogP contribution >= 0.6 is 28.3 Å². The van der Waals surface area contributed by atoms with Crippen LogP contribution in [0.15, 0.2) is 28.7 Å². The lowest BCUT2D eigenvalue weighted by Gasteiger charge is -2.32. The molecule has 1 aromatic carbocycles. The molecule has 0 saturated heterocycles. The molecular weight excluding hydrogens is 352 g/mol. The smallest absolute Gasteiger partial charge is 0.246 e. The second-order valence-electron chi connectivity index (χ2n) is 5.90. The molecule has 1 unspecified atom stereocenters. The van der Waals surface area contributed by atoms with Gasteiger partial charge < -0.3 is 10.6 Å². The lowest BCUT2D eigenvalue weighted by atomic mass is 9.91. The first-order chi connectivity index (χ1) is 9.45. The van der Waals surface area contributed by atoms with Crippen LogP contribution in [0.1, 0.15) is 38.7 Å². The molecule has 1 saturated carbocycles. The molecule has 2 rings (SSSR count). The van der Waals surface area contributed by atoms with Crippen LogP contribution in [0.5, 0.6) is 0 Å². The molecule has 3 nitrogen and oxygen atoms in total. The van der Waals surface area contributed by atoms with E-state index >= 15 is 0 Å². The molecule has 118 valence electrons. The Morgan fingerprint density at radius 3 is 2.43 bits per heavy atom. The van der Waals surface area contributed by atoms with Crippen molar-refractivity contribution in [3.8, 4) is 0 Å². The van der Waals surface area contributed by atoms with Crippen LogP contribution in [0.4, 0.5) is 0 Å². The van der Waals surface area contributed by atoms with E-state index in [9.17, 15) is 4.79 Å². The maximum absolute atomic E-state index is 12.8. The van der Waals surface area contributed by atoms with Crippen molar-refractivity contribution in [3.05, 3.63) is 34.3 Å². The quantitative estimate of drug-likeness (QED) is 0.824. The maximum atomic E-state index is 12.8. The molecule has 0 heterocycles. The summed E-state index contributed by atoms with van der Waals surface area (Å²) in [5, 5.41) is 0. The summed E-state index contributed by atoms with van der Waals surface area (Å²) in [6, 6.07) is 7.70. The van der Waals surface area contributed by atoms with Gasteiger partial charge in [-0.25, -0.2) is 0 Å². The fourth-order valence-electron chi connectivity index (χ4n) is 2.41. The number of hydrogen-bond donors (Lipinski definition) is 1. The second kappa shape index (κ2) is 7.61. The van der Waals surface area contributed by atoms with Gasteiger partial charge >= 0.3 is 0 Å². The van der Waals surface area contributed by atoms with Crippen LogP contribution in [0, 0.1) is 5.92 Å². The molecule has 1 aliphatic carbocycles. The van der Waals surface area contributed by atoms with E-state index < -0.39 is 5.54 Å². The van der Waals surface area contributed by atoms with Gasteiger partial charge in [-0.1, -0.05) is 35.0 Å². The Balaban J connectivity index is 0.00000220. The molecule has 21 heavy (non-hydrogen) atoms. The van der Waals surface area contributed by atoms with Gasteiger partial charge in [-0.15, -0.1) is 12.4 Å². The third-order valence-corrected chi connectivity index (χ3v) is 4.37. The molecule has 1 amide bonds. The average Bonchev–Trinajstić information content (AvgIpc) is 3.22. The van der Waals surface area contributed by atoms with E-state index in [1.54, 1.807) is 0 Å². The first kappa shape index (κ1) is 18.5. The van der Waals surface area contributed by atoms with Crippen molar-refractivity contribution in [3.63, 3.8) is 0 Å². The zero-order chi connectivity index (χ0) is 14.8. The van der Waals surface area contributed by atoms with Crippen molar-refractivity contribution < 1.29 is 4.79 Å². The number of rotatable bonds is 6. The number of halogens is 2. The van der Waals surface area contributed by atoms with Crippen molar-refractivity contribution in [2.45, 2.75) is 38.6 Å². The van der Waals surface area contributed by atoms with Crippen LogP contribution in [0.3, 0.4) is 0 Å². The van der Waals surface area contributed by atoms with E-state index in [4.69, 9.17) is 5.73 Å². The third-order valence-electron chi connectivity index (χ3n) is 3.84. The molecule has 1 aromatic rings. The van der Waals surface area contributed by atoms with Gasteiger partial charge in [-0.2, -0.15) is 0 Å². The predicted octanol–water partition coefficient (Wildman–Crippen LogP) is 3.69. The first-order valence-corrected chi connectivity index (χ1v) is 8.08. The lowest BCUT2D eigenvalue weighted by molar-refractivity contribution is -0.137. The highest BCUT2D eigenvalue weighted by Gasteiger charge is 2.36. The summed E-state index contributed by atoms with van der Waals surface area (Å²) >= 11 is 3.41. The number of nitrogens with zero attached hydrogens (tertiary/aromatic N) is 1. The van der Waals surface area contributed by atoms with E-state index in [0.717, 1.165) is 29.5 Å². The van der Waals surface area contributed by atoms with Crippen LogP contribution in [-0.4, -0.2) is 23.9 Å². The lowest BCUT2D eigenvalue weighted by Crippen LogP contribution is -2.51. The zero-order valence-electron chi connectivity index (χ0n) is 12.6. The van der Waals surface area contributed by atoms with E-state index in [-0.39, 0.29) is 18.3 Å². The summed E-state index contributed by atoms with van der Waals surface area (Å²) in [4.78, 5) is 14.7. The third kappa shape index (κ3) is 4.70. The Morgan fingerprint density at radius 1 is 1.38 bits per heavy atom. The van der Waals surface area contributed by atoms with Crippen molar-refractivity contribution in [2.75, 3.05) is 13.1 Å². The Hall–Kier alpha value is -0.580. The minimum absolute atomic E-state index is 0. The number of benzene rings is 1. The maximum Gasteiger partial charge on any atom is 0.246 e. The van der Waals surface area contributed by atoms with Crippen LogP contribution in [0.25, 0.3) is 0 Å². The van der Waals surface area contributed by atoms with Crippen molar-refractivity contribution in [1.29, 1.82) is 0 Å². The normalized spacial score (nSPS) is 16.8. The summed E-state index contributed by atoms with van der Waals surface area (Å²) in [5.74, 6) is 0.722. The number of amides is 1. The zero-order valence-corrected chi connectivity index (χ0v) is 15.0. The monoisotopic (exact) mass is 374 g/mol. The summed E-state index contributed by atoms with van der Waals surface area (Å²) in [7, 11) is 0. The fourth-order valence-corrected chi connectivity index (χ4v) is 2.67. The minimum Gasteiger partial charge on any atom is -0.341 e. The molecule has 0 aliphatic heterocycles. The number of carbonyl (C=O) groups excluding carboxylic acids is 1. The minimum atomic E-state index is -0.954. The van der Waals surface area contributed by atoms with Crippen molar-refractivity contribution >= 4 is 34.2 Å². The van der Waals surface area contributed by atoms with E-state index in [1.165, 1.54) is 12.8 Å². The highest BCUT2D eigenvalue weighted by atomic mass is 79.9. The SMILES string of the molecule is CCCN(CC1CC1)C(=O)C(C)(N)c1ccc(Br)cc1.Cl. The van der Waals surface area contributed by atoms with Gasteiger partial charge in [0, 0.05) is 17.6 Å². The Labute approximate surface area is 141 Å². The summed E-state index contributed by atoms with van der Waals surface area (Å²) in [6.45, 7) is 5.56. The van der Waals surface area contributed by atoms with Gasteiger partial charge in [0.05, 0.1) is 0 Å². The number of nitrogens with two attached hydrogens (primary N) is 1. The molecule has 0 spiro atoms. The molecule has 0 radical (unpaired) electrons. The highest BCUT2D eigenvalue weighted by Crippen LogP contribution is 2.31. The molecule has 1 fully saturated rings. The Morgan fingerprint density at radius 2 is 1.95 bits per heavy atom. The molecule has 0 aromatic heterocycles. The standard InChI is InChI=1S/C16H23BrN2O.ClH/c1-3-10-19(11-12-4-5-12)15(20)16(2,18)13-6-8-14(17)9-7-13;/h6-9,12H,3-5,10-11,18H2,1-2H3;1H. The summed E-state index contributed by atoms with van der Waals surface area (Å²) < 4.78 is 0.993. The Bertz CT molecular complexity index is 472. The molecular formula is C16H24BrClN2O. The van der Waals surface area contributed by atoms with Gasteiger partial charge in [0.15, 0.2) is 0 Å². The second-order valence-corrected chi connectivity index (χ2v) is 6.82. The van der Waals surface area contributed by atoms with E-state index in [1.807, 2.05) is 36.1 Å². The summed E-state index contributed by atoms with van der Waals surface area (Å²) in [5.41, 5.74) is 6.26. The largest absolute Gasteiger partial charge is 0.341 e. The van der Waals surface area contributed by atoms with Gasteiger partial charge in [0.1, 0.15) is 5.54 Å². The van der Waals surface area contributed by atoms with Gasteiger partial charge in [0.2, 0.25) is 5.91 Å². The van der Waals surface area contributed by atoms with Gasteiger partial charge in [-0.3, -0.25) is 4.79 Å². The summed E-state index contributed by atoms with van der Waals surface area (Å²) in [6.07, 6.45) is 3.45. The van der Waals surface area contributed by atoms with E-state index in [0.29, 0.717) is 5.92 Å². The fraction of sp³-hybridized carbons (Fsp3) is 0.562. The molecule has 1 atom stereocenters. The number of hydrogen-bond acceptors (Lipinski definition) is 2. The van der Waals surface area contributed by atoms with Gasteiger partial charge in [0.25, 0.3) is 0 Å². The van der Waals surface area contributed by atoms with Crippen molar-refractivity contribution in [1.82, 2.24) is 4.90 Å². The molecule has 1 aliphatic rings. The Kier molecular flexibility index (Phi) is 6.70. The molecule has 2 N–H and O–H groups in total. The average molecular weight is 376 g/mol. The molecule has 5 heteroatoms. The molecule has 0 bridgehead atoms. The van der Waals surface area contributed by atoms with Crippen LogP contribution in [-0.2, 0) is 10.3 Å². The van der Waals surface area contributed by atoms with Gasteiger partial charge in [-0.05, 0) is 49.8 Å². The number of carbonyl (C=O) groups is 1. The predicted molar refractivity (Wildman–Crippen MR) is 92.5 cm³/mol.